The van der Waals surface area contributed by atoms with Crippen molar-refractivity contribution in [1.82, 2.24) is 9.97 Å². The molecule has 1 heterocycles. The van der Waals surface area contributed by atoms with Gasteiger partial charge in [-0.05, 0) is 37.1 Å². The normalized spacial score (nSPS) is 10.2. The minimum absolute atomic E-state index is 0.0349. The fourth-order valence-electron chi connectivity index (χ4n) is 2.66. The number of carbonyl (C=O) groups excluding carboxylic acids is 2. The van der Waals surface area contributed by atoms with Gasteiger partial charge in [0, 0.05) is 17.2 Å². The second-order valence-corrected chi connectivity index (χ2v) is 6.16. The summed E-state index contributed by atoms with van der Waals surface area (Å²) >= 11 is 0. The minimum atomic E-state index is -0.345. The highest BCUT2D eigenvalue weighted by atomic mass is 16.5. The van der Waals surface area contributed by atoms with Gasteiger partial charge in [0.1, 0.15) is 5.82 Å². The lowest BCUT2D eigenvalue weighted by atomic mass is 10.1. The summed E-state index contributed by atoms with van der Waals surface area (Å²) in [6.07, 6.45) is 0. The highest BCUT2D eigenvalue weighted by Gasteiger charge is 2.14. The number of amides is 2. The van der Waals surface area contributed by atoms with Gasteiger partial charge in [0.15, 0.2) is 0 Å². The number of carbonyl (C=O) groups is 2. The van der Waals surface area contributed by atoms with E-state index >= 15 is 0 Å². The second kappa shape index (κ2) is 8.30. The predicted molar refractivity (Wildman–Crippen MR) is 107 cm³/mol. The fraction of sp³-hybridized carbons (Fsp3) is 0.143. The largest absolute Gasteiger partial charge is 0.481 e. The van der Waals surface area contributed by atoms with Crippen LogP contribution in [0.1, 0.15) is 31.8 Å². The van der Waals surface area contributed by atoms with Crippen molar-refractivity contribution in [2.75, 3.05) is 17.7 Å². The molecule has 7 heteroatoms. The Morgan fingerprint density at radius 1 is 0.821 bits per heavy atom. The first-order chi connectivity index (χ1) is 13.5. The Morgan fingerprint density at radius 3 is 1.89 bits per heavy atom. The van der Waals surface area contributed by atoms with Crippen molar-refractivity contribution in [2.24, 2.45) is 0 Å². The van der Waals surface area contributed by atoms with Crippen molar-refractivity contribution in [3.8, 4) is 5.88 Å². The first kappa shape index (κ1) is 19.0. The molecule has 2 N–H and O–H groups in total. The molecule has 0 bridgehead atoms. The third-order valence-electron chi connectivity index (χ3n) is 4.16. The van der Waals surface area contributed by atoms with Gasteiger partial charge in [0.05, 0.1) is 7.11 Å². The Kier molecular flexibility index (Phi) is 5.64. The molecular weight excluding hydrogens is 356 g/mol. The lowest BCUT2D eigenvalue weighted by Crippen LogP contribution is -2.18. The van der Waals surface area contributed by atoms with Crippen molar-refractivity contribution in [3.63, 3.8) is 0 Å². The van der Waals surface area contributed by atoms with Crippen LogP contribution in [0.2, 0.25) is 0 Å². The Morgan fingerprint density at radius 2 is 1.36 bits per heavy atom. The topological polar surface area (TPSA) is 93.2 Å². The predicted octanol–water partition coefficient (Wildman–Crippen LogP) is 3.61. The first-order valence-electron chi connectivity index (χ1n) is 8.65. The summed E-state index contributed by atoms with van der Waals surface area (Å²) in [6.45, 7) is 3.69. The molecule has 0 fully saturated rings. The van der Waals surface area contributed by atoms with E-state index in [0.29, 0.717) is 11.1 Å². The van der Waals surface area contributed by atoms with Gasteiger partial charge >= 0.3 is 0 Å². The standard InChI is InChI=1S/C21H20N4O3/c1-13-8-4-6-10-15(13)19(26)22-17-12-18(28-3)24-21(23-17)25-20(27)16-11-7-5-9-14(16)2/h4-12H,1-3H3,(H2,22,23,24,25,26,27). The SMILES string of the molecule is COc1cc(NC(=O)c2ccccc2C)nc(NC(=O)c2ccccc2C)n1. The highest BCUT2D eigenvalue weighted by Crippen LogP contribution is 2.18. The van der Waals surface area contributed by atoms with Crippen molar-refractivity contribution in [3.05, 3.63) is 76.9 Å². The molecule has 2 aromatic carbocycles. The molecule has 0 saturated heterocycles. The van der Waals surface area contributed by atoms with Gasteiger partial charge in [0.25, 0.3) is 11.8 Å². The number of methoxy groups -OCH3 is 1. The van der Waals surface area contributed by atoms with Crippen molar-refractivity contribution in [1.29, 1.82) is 0 Å². The van der Waals surface area contributed by atoms with Gasteiger partial charge < -0.3 is 10.1 Å². The molecule has 0 radical (unpaired) electrons. The number of aromatic nitrogens is 2. The third-order valence-corrected chi connectivity index (χ3v) is 4.16. The quantitative estimate of drug-likeness (QED) is 0.710. The smallest absolute Gasteiger partial charge is 0.258 e. The van der Waals surface area contributed by atoms with Gasteiger partial charge in [-0.3, -0.25) is 14.9 Å². The monoisotopic (exact) mass is 376 g/mol. The van der Waals surface area contributed by atoms with Crippen LogP contribution in [0.25, 0.3) is 0 Å². The van der Waals surface area contributed by atoms with Crippen LogP contribution in [0.5, 0.6) is 5.88 Å². The number of aryl methyl sites for hydroxylation is 2. The number of nitrogens with one attached hydrogen (secondary N) is 2. The van der Waals surface area contributed by atoms with Gasteiger partial charge in [0.2, 0.25) is 11.8 Å². The lowest BCUT2D eigenvalue weighted by Gasteiger charge is -2.11. The van der Waals surface area contributed by atoms with Crippen LogP contribution in [-0.4, -0.2) is 28.9 Å². The zero-order chi connectivity index (χ0) is 20.1. The second-order valence-electron chi connectivity index (χ2n) is 6.16. The summed E-state index contributed by atoms with van der Waals surface area (Å²) in [4.78, 5) is 33.4. The first-order valence-corrected chi connectivity index (χ1v) is 8.65. The number of ether oxygens (including phenoxy) is 1. The average molecular weight is 376 g/mol. The Labute approximate surface area is 162 Å². The number of rotatable bonds is 5. The number of anilines is 2. The zero-order valence-electron chi connectivity index (χ0n) is 15.8. The summed E-state index contributed by atoms with van der Waals surface area (Å²) in [7, 11) is 1.45. The van der Waals surface area contributed by atoms with Crippen molar-refractivity contribution < 1.29 is 14.3 Å². The van der Waals surface area contributed by atoms with Crippen LogP contribution < -0.4 is 15.4 Å². The number of hydrogen-bond acceptors (Lipinski definition) is 5. The average Bonchev–Trinajstić information content (AvgIpc) is 2.68. The summed E-state index contributed by atoms with van der Waals surface area (Å²) in [6, 6.07) is 15.9. The van der Waals surface area contributed by atoms with E-state index in [-0.39, 0.29) is 29.5 Å². The van der Waals surface area contributed by atoms with E-state index in [1.165, 1.54) is 13.2 Å². The van der Waals surface area contributed by atoms with Gasteiger partial charge in [-0.2, -0.15) is 9.97 Å². The Balaban J connectivity index is 1.84. The highest BCUT2D eigenvalue weighted by molar-refractivity contribution is 6.06. The molecule has 0 aliphatic carbocycles. The number of nitrogens with zero attached hydrogens (tertiary/aromatic N) is 2. The Hall–Kier alpha value is -3.74. The molecule has 0 unspecified atom stereocenters. The molecule has 0 spiro atoms. The third kappa shape index (κ3) is 4.32. The van der Waals surface area contributed by atoms with Crippen molar-refractivity contribution >= 4 is 23.6 Å². The molecule has 0 aliphatic rings. The van der Waals surface area contributed by atoms with E-state index in [0.717, 1.165) is 11.1 Å². The maximum absolute atomic E-state index is 12.5. The molecule has 3 aromatic rings. The molecule has 7 nitrogen and oxygen atoms in total. The van der Waals surface area contributed by atoms with Gasteiger partial charge in [-0.1, -0.05) is 36.4 Å². The number of benzene rings is 2. The molecule has 1 aromatic heterocycles. The van der Waals surface area contributed by atoms with Crippen LogP contribution in [-0.2, 0) is 0 Å². The summed E-state index contributed by atoms with van der Waals surface area (Å²) in [5.74, 6) is -0.180. The van der Waals surface area contributed by atoms with Crippen LogP contribution in [0.15, 0.2) is 54.6 Å². The van der Waals surface area contributed by atoms with E-state index in [9.17, 15) is 9.59 Å². The zero-order valence-corrected chi connectivity index (χ0v) is 15.8. The summed E-state index contributed by atoms with van der Waals surface area (Å²) in [5, 5.41) is 5.36. The van der Waals surface area contributed by atoms with E-state index in [2.05, 4.69) is 20.6 Å². The van der Waals surface area contributed by atoms with Gasteiger partial charge in [-0.25, -0.2) is 0 Å². The molecule has 3 rings (SSSR count). The van der Waals surface area contributed by atoms with Crippen LogP contribution >= 0.6 is 0 Å². The van der Waals surface area contributed by atoms with E-state index in [1.807, 2.05) is 38.1 Å². The van der Waals surface area contributed by atoms with Crippen LogP contribution in [0.4, 0.5) is 11.8 Å². The Bertz CT molecular complexity index is 956. The number of hydrogen-bond donors (Lipinski definition) is 2. The van der Waals surface area contributed by atoms with Crippen LogP contribution in [0, 0.1) is 13.8 Å². The maximum Gasteiger partial charge on any atom is 0.258 e. The maximum atomic E-state index is 12.5. The van der Waals surface area contributed by atoms with E-state index in [1.54, 1.807) is 24.3 Å². The molecular formula is C21H20N4O3. The van der Waals surface area contributed by atoms with E-state index < -0.39 is 0 Å². The summed E-state index contributed by atoms with van der Waals surface area (Å²) < 4.78 is 5.16. The van der Waals surface area contributed by atoms with Crippen LogP contribution in [0.3, 0.4) is 0 Å². The molecule has 0 aliphatic heterocycles. The van der Waals surface area contributed by atoms with Gasteiger partial charge in [-0.15, -0.1) is 0 Å². The van der Waals surface area contributed by atoms with E-state index in [4.69, 9.17) is 4.74 Å². The lowest BCUT2D eigenvalue weighted by molar-refractivity contribution is 0.101. The molecule has 28 heavy (non-hydrogen) atoms. The summed E-state index contributed by atoms with van der Waals surface area (Å²) in [5.41, 5.74) is 2.72. The molecule has 0 saturated carbocycles. The molecule has 2 amide bonds. The molecule has 142 valence electrons. The fourth-order valence-corrected chi connectivity index (χ4v) is 2.66. The van der Waals surface area contributed by atoms with Crippen molar-refractivity contribution in [2.45, 2.75) is 13.8 Å². The molecule has 0 atom stereocenters. The minimum Gasteiger partial charge on any atom is -0.481 e.